The van der Waals surface area contributed by atoms with Crippen molar-refractivity contribution in [1.82, 2.24) is 0 Å². The predicted molar refractivity (Wildman–Crippen MR) is 50.4 cm³/mol. The highest BCUT2D eigenvalue weighted by Gasteiger charge is 1.98. The van der Waals surface area contributed by atoms with E-state index in [2.05, 4.69) is 0 Å². The van der Waals surface area contributed by atoms with Crippen molar-refractivity contribution < 1.29 is 4.79 Å². The molecule has 1 aromatic rings. The molecule has 12 heavy (non-hydrogen) atoms. The summed E-state index contributed by atoms with van der Waals surface area (Å²) in [7, 11) is 0. The van der Waals surface area contributed by atoms with E-state index in [1.54, 1.807) is 24.1 Å². The van der Waals surface area contributed by atoms with E-state index in [0.29, 0.717) is 16.5 Å². The second-order valence-corrected chi connectivity index (χ2v) is 3.11. The normalized spacial score (nSPS) is 9.17. The lowest BCUT2D eigenvalue weighted by molar-refractivity contribution is 0.568. The molecule has 0 heterocycles. The molecule has 62 valence electrons. The minimum Gasteiger partial charge on any atom is -0.234 e. The van der Waals surface area contributed by atoms with Gasteiger partial charge in [-0.1, -0.05) is 29.3 Å². The van der Waals surface area contributed by atoms with Gasteiger partial charge in [-0.15, -0.1) is 0 Å². The van der Waals surface area contributed by atoms with E-state index >= 15 is 0 Å². The van der Waals surface area contributed by atoms with Crippen LogP contribution < -0.4 is 0 Å². The van der Waals surface area contributed by atoms with E-state index in [9.17, 15) is 4.79 Å². The average molecular weight is 201 g/mol. The molecule has 0 aliphatic carbocycles. The van der Waals surface area contributed by atoms with Gasteiger partial charge in [-0.25, -0.2) is 4.79 Å². The van der Waals surface area contributed by atoms with Crippen molar-refractivity contribution >= 4 is 29.1 Å². The molecule has 3 heteroatoms. The topological polar surface area (TPSA) is 17.1 Å². The van der Waals surface area contributed by atoms with Gasteiger partial charge in [0.15, 0.2) is 0 Å². The van der Waals surface area contributed by atoms with E-state index in [0.717, 1.165) is 5.56 Å². The molecule has 0 N–H and O–H groups in total. The number of rotatable bonds is 2. The lowest BCUT2D eigenvalue weighted by Gasteiger charge is -1.99. The Morgan fingerprint density at radius 1 is 1.42 bits per heavy atom. The van der Waals surface area contributed by atoms with Crippen molar-refractivity contribution in [2.45, 2.75) is 6.42 Å². The fourth-order valence-electron chi connectivity index (χ4n) is 0.839. The van der Waals surface area contributed by atoms with E-state index in [1.165, 1.54) is 6.08 Å². The summed E-state index contributed by atoms with van der Waals surface area (Å²) in [6, 6.07) is 5.18. The van der Waals surface area contributed by atoms with Gasteiger partial charge in [0, 0.05) is 22.5 Å². The van der Waals surface area contributed by atoms with Gasteiger partial charge in [-0.2, -0.15) is 0 Å². The number of allylic oxidation sites excluding steroid dienone is 1. The highest BCUT2D eigenvalue weighted by Crippen LogP contribution is 2.21. The maximum atomic E-state index is 9.91. The van der Waals surface area contributed by atoms with Crippen LogP contribution in [0.5, 0.6) is 0 Å². The predicted octanol–water partition coefficient (Wildman–Crippen LogP) is 2.92. The van der Waals surface area contributed by atoms with Gasteiger partial charge in [0.2, 0.25) is 0 Å². The molecule has 0 fully saturated rings. The van der Waals surface area contributed by atoms with Crippen LogP contribution in [-0.2, 0) is 11.2 Å². The van der Waals surface area contributed by atoms with Crippen LogP contribution in [0.15, 0.2) is 24.3 Å². The number of hydrogen-bond donors (Lipinski definition) is 0. The Morgan fingerprint density at radius 3 is 2.75 bits per heavy atom. The van der Waals surface area contributed by atoms with Gasteiger partial charge in [0.05, 0.1) is 0 Å². The van der Waals surface area contributed by atoms with Crippen LogP contribution in [0.25, 0.3) is 0 Å². The quantitative estimate of drug-likeness (QED) is 0.672. The first kappa shape index (κ1) is 9.34. The van der Waals surface area contributed by atoms with Crippen LogP contribution >= 0.6 is 23.2 Å². The zero-order valence-electron chi connectivity index (χ0n) is 6.18. The van der Waals surface area contributed by atoms with Gasteiger partial charge in [-0.05, 0) is 17.7 Å². The molecule has 0 aromatic heterocycles. The summed E-state index contributed by atoms with van der Waals surface area (Å²) in [5.41, 5.74) is 0.879. The molecule has 0 amide bonds. The fraction of sp³-hybridized carbons (Fsp3) is 0.111. The molecule has 0 aliphatic heterocycles. The molecule has 0 atom stereocenters. The Labute approximate surface area is 80.6 Å². The maximum Gasteiger partial charge on any atom is 0.120 e. The second kappa shape index (κ2) is 4.32. The lowest BCUT2D eigenvalue weighted by Crippen LogP contribution is -1.82. The molecule has 1 rings (SSSR count). The van der Waals surface area contributed by atoms with E-state index in [1.807, 2.05) is 0 Å². The van der Waals surface area contributed by atoms with Crippen molar-refractivity contribution in [3.8, 4) is 0 Å². The van der Waals surface area contributed by atoms with Gasteiger partial charge in [0.1, 0.15) is 5.94 Å². The zero-order chi connectivity index (χ0) is 8.97. The zero-order valence-corrected chi connectivity index (χ0v) is 7.69. The Hall–Kier alpha value is -0.750. The first-order valence-electron chi connectivity index (χ1n) is 3.37. The summed E-state index contributed by atoms with van der Waals surface area (Å²) in [5, 5.41) is 1.17. The van der Waals surface area contributed by atoms with Crippen LogP contribution in [0.3, 0.4) is 0 Å². The Kier molecular flexibility index (Phi) is 3.36. The monoisotopic (exact) mass is 200 g/mol. The minimum absolute atomic E-state index is 0.500. The molecule has 0 aliphatic rings. The van der Waals surface area contributed by atoms with Gasteiger partial charge in [-0.3, -0.25) is 0 Å². The van der Waals surface area contributed by atoms with Gasteiger partial charge in [0.25, 0.3) is 0 Å². The molecule has 0 radical (unpaired) electrons. The SMILES string of the molecule is O=C=CCc1ccc(Cl)cc1Cl. The third-order valence-corrected chi connectivity index (χ3v) is 2.01. The molecular formula is C9H6Cl2O. The first-order valence-corrected chi connectivity index (χ1v) is 4.13. The van der Waals surface area contributed by atoms with Crippen molar-refractivity contribution in [1.29, 1.82) is 0 Å². The number of hydrogen-bond acceptors (Lipinski definition) is 1. The van der Waals surface area contributed by atoms with E-state index < -0.39 is 0 Å². The minimum atomic E-state index is 0.500. The largest absolute Gasteiger partial charge is 0.234 e. The summed E-state index contributed by atoms with van der Waals surface area (Å²) in [6.07, 6.45) is 1.88. The van der Waals surface area contributed by atoms with E-state index in [-0.39, 0.29) is 0 Å². The standard InChI is InChI=1S/C9H6Cl2O/c10-8-4-3-7(2-1-5-12)9(11)6-8/h1,3-4,6H,2H2. The van der Waals surface area contributed by atoms with Crippen LogP contribution in [0.2, 0.25) is 10.0 Å². The third-order valence-electron chi connectivity index (χ3n) is 1.42. The maximum absolute atomic E-state index is 9.91. The summed E-state index contributed by atoms with van der Waals surface area (Å²) in [4.78, 5) is 9.91. The number of benzene rings is 1. The number of carbonyl (C=O) groups excluding carboxylic acids is 1. The summed E-state index contributed by atoms with van der Waals surface area (Å²) in [6.45, 7) is 0. The molecule has 1 nitrogen and oxygen atoms in total. The highest BCUT2D eigenvalue weighted by molar-refractivity contribution is 6.35. The molecule has 0 saturated heterocycles. The third kappa shape index (κ3) is 2.38. The highest BCUT2D eigenvalue weighted by atomic mass is 35.5. The molecule has 0 spiro atoms. The van der Waals surface area contributed by atoms with Crippen LogP contribution in [0.4, 0.5) is 0 Å². The van der Waals surface area contributed by atoms with Crippen molar-refractivity contribution in [2.24, 2.45) is 0 Å². The van der Waals surface area contributed by atoms with Crippen LogP contribution in [0.1, 0.15) is 5.56 Å². The van der Waals surface area contributed by atoms with Crippen molar-refractivity contribution in [2.75, 3.05) is 0 Å². The number of halogens is 2. The summed E-state index contributed by atoms with van der Waals surface area (Å²) in [5.74, 6) is 1.69. The van der Waals surface area contributed by atoms with E-state index in [4.69, 9.17) is 23.2 Å². The molecule has 0 bridgehead atoms. The summed E-state index contributed by atoms with van der Waals surface area (Å²) < 4.78 is 0. The Morgan fingerprint density at radius 2 is 2.17 bits per heavy atom. The summed E-state index contributed by atoms with van der Waals surface area (Å²) >= 11 is 11.5. The van der Waals surface area contributed by atoms with Gasteiger partial charge >= 0.3 is 0 Å². The second-order valence-electron chi connectivity index (χ2n) is 2.26. The van der Waals surface area contributed by atoms with Crippen LogP contribution in [0, 0.1) is 0 Å². The van der Waals surface area contributed by atoms with Gasteiger partial charge < -0.3 is 0 Å². The van der Waals surface area contributed by atoms with Crippen molar-refractivity contribution in [3.63, 3.8) is 0 Å². The smallest absolute Gasteiger partial charge is 0.120 e. The molecule has 0 saturated carbocycles. The fourth-order valence-corrected chi connectivity index (χ4v) is 1.32. The Bertz CT molecular complexity index is 327. The Balaban J connectivity index is 2.93. The van der Waals surface area contributed by atoms with Crippen LogP contribution in [-0.4, -0.2) is 5.94 Å². The van der Waals surface area contributed by atoms with Crippen molar-refractivity contribution in [3.05, 3.63) is 39.9 Å². The average Bonchev–Trinajstić information content (AvgIpc) is 2.03. The lowest BCUT2D eigenvalue weighted by atomic mass is 10.1. The molecule has 1 aromatic carbocycles. The first-order chi connectivity index (χ1) is 5.74. The molecular weight excluding hydrogens is 195 g/mol. The molecule has 0 unspecified atom stereocenters.